The summed E-state index contributed by atoms with van der Waals surface area (Å²) in [6, 6.07) is 7.32. The molecule has 1 aliphatic carbocycles. The topological polar surface area (TPSA) is 103 Å². The van der Waals surface area contributed by atoms with E-state index in [2.05, 4.69) is 10.0 Å². The Morgan fingerprint density at radius 1 is 1.27 bits per heavy atom. The molecule has 0 aromatic heterocycles. The second-order valence-corrected chi connectivity index (χ2v) is 11.2. The van der Waals surface area contributed by atoms with Crippen LogP contribution in [0.2, 0.25) is 0 Å². The second-order valence-electron chi connectivity index (χ2n) is 9.34. The first kappa shape index (κ1) is 23.0. The molecule has 0 bridgehead atoms. The van der Waals surface area contributed by atoms with E-state index in [1.165, 1.54) is 0 Å². The molecule has 2 N–H and O–H groups in total. The number of nitrogens with one attached hydrogen (secondary N) is 2. The Kier molecular flexibility index (Phi) is 6.48. The molecule has 8 nitrogen and oxygen atoms in total. The molecule has 1 heterocycles. The lowest BCUT2D eigenvalue weighted by Crippen LogP contribution is -2.44. The number of rotatable bonds is 6. The highest BCUT2D eigenvalue weighted by molar-refractivity contribution is 7.89. The van der Waals surface area contributed by atoms with E-state index in [1.54, 1.807) is 34.6 Å². The predicted octanol–water partition coefficient (Wildman–Crippen LogP) is 2.29. The fourth-order valence-corrected chi connectivity index (χ4v) is 5.32. The van der Waals surface area contributed by atoms with Crippen molar-refractivity contribution >= 4 is 16.1 Å². The Labute approximate surface area is 178 Å². The van der Waals surface area contributed by atoms with Crippen LogP contribution in [0.25, 0.3) is 0 Å². The molecule has 0 saturated carbocycles. The number of fused-ring (bicyclic) bond motifs is 1. The minimum absolute atomic E-state index is 0.137. The maximum Gasteiger partial charge on any atom is 0.407 e. The summed E-state index contributed by atoms with van der Waals surface area (Å²) in [4.78, 5) is 12.3. The van der Waals surface area contributed by atoms with Crippen LogP contribution in [0.4, 0.5) is 4.79 Å². The number of sulfonamides is 1. The maximum atomic E-state index is 12.8. The van der Waals surface area contributed by atoms with Crippen molar-refractivity contribution in [2.75, 3.05) is 18.9 Å². The molecule has 1 aromatic rings. The van der Waals surface area contributed by atoms with Crippen LogP contribution in [0.15, 0.2) is 24.3 Å². The van der Waals surface area contributed by atoms with E-state index in [0.29, 0.717) is 13.0 Å². The van der Waals surface area contributed by atoms with Gasteiger partial charge in [0.05, 0.1) is 18.5 Å². The van der Waals surface area contributed by atoms with Crippen LogP contribution in [0.5, 0.6) is 0 Å². The molecule has 9 heteroatoms. The summed E-state index contributed by atoms with van der Waals surface area (Å²) >= 11 is 0. The Bertz CT molecular complexity index is 878. The fraction of sp³-hybridized carbons (Fsp3) is 0.667. The van der Waals surface area contributed by atoms with Gasteiger partial charge in [0, 0.05) is 18.5 Å². The quantitative estimate of drug-likeness (QED) is 0.704. The zero-order valence-electron chi connectivity index (χ0n) is 18.2. The van der Waals surface area contributed by atoms with Gasteiger partial charge in [0.2, 0.25) is 10.0 Å². The largest absolute Gasteiger partial charge is 0.444 e. The van der Waals surface area contributed by atoms with Gasteiger partial charge in [-0.05, 0) is 52.2 Å². The number of ether oxygens (including phenoxy) is 3. The van der Waals surface area contributed by atoms with Crippen molar-refractivity contribution in [2.45, 2.75) is 70.5 Å². The van der Waals surface area contributed by atoms with Gasteiger partial charge in [-0.15, -0.1) is 0 Å². The molecule has 0 radical (unpaired) electrons. The van der Waals surface area contributed by atoms with Crippen LogP contribution in [-0.2, 0) is 30.7 Å². The minimum atomic E-state index is -3.61. The molecule has 1 saturated heterocycles. The standard InChI is InChI=1S/C21H32N2O6S/c1-20(2,3)29-19(24)23-18-10-14-8-6-7-9-16(14)17(18)13-30(25,26)22-11-15-12-27-21(4,5)28-15/h6-9,15,17-18,22H,10-13H2,1-5H3,(H,23,24)/t15?,17-,18-/m1/s1. The predicted molar refractivity (Wildman–Crippen MR) is 113 cm³/mol. The number of alkyl carbamates (subject to hydrolysis) is 1. The second kappa shape index (κ2) is 8.45. The zero-order valence-corrected chi connectivity index (χ0v) is 19.0. The summed E-state index contributed by atoms with van der Waals surface area (Å²) < 4.78 is 44.8. The van der Waals surface area contributed by atoms with Gasteiger partial charge in [0.15, 0.2) is 5.79 Å². The SMILES string of the molecule is CC(C)(C)OC(=O)N[C@@H]1Cc2ccccc2[C@H]1CS(=O)(=O)NCC1COC(C)(C)O1. The Hall–Kier alpha value is -1.68. The molecule has 30 heavy (non-hydrogen) atoms. The van der Waals surface area contributed by atoms with E-state index < -0.39 is 27.5 Å². The van der Waals surface area contributed by atoms with Gasteiger partial charge in [-0.25, -0.2) is 17.9 Å². The van der Waals surface area contributed by atoms with Gasteiger partial charge >= 0.3 is 6.09 Å². The lowest BCUT2D eigenvalue weighted by atomic mass is 10.0. The molecule has 1 unspecified atom stereocenters. The van der Waals surface area contributed by atoms with E-state index in [1.807, 2.05) is 24.3 Å². The van der Waals surface area contributed by atoms with Gasteiger partial charge in [-0.2, -0.15) is 0 Å². The number of hydrogen-bond donors (Lipinski definition) is 2. The Morgan fingerprint density at radius 3 is 2.60 bits per heavy atom. The lowest BCUT2D eigenvalue weighted by molar-refractivity contribution is -0.137. The van der Waals surface area contributed by atoms with E-state index in [9.17, 15) is 13.2 Å². The van der Waals surface area contributed by atoms with E-state index in [-0.39, 0.29) is 30.4 Å². The average Bonchev–Trinajstić information content (AvgIpc) is 3.11. The lowest BCUT2D eigenvalue weighted by Gasteiger charge is -2.25. The van der Waals surface area contributed by atoms with Gasteiger partial charge in [-0.3, -0.25) is 0 Å². The van der Waals surface area contributed by atoms with Crippen molar-refractivity contribution in [1.29, 1.82) is 0 Å². The number of hydrogen-bond acceptors (Lipinski definition) is 6. The van der Waals surface area contributed by atoms with E-state index >= 15 is 0 Å². The van der Waals surface area contributed by atoms with Crippen molar-refractivity contribution in [2.24, 2.45) is 0 Å². The minimum Gasteiger partial charge on any atom is -0.444 e. The molecule has 3 atom stereocenters. The summed E-state index contributed by atoms with van der Waals surface area (Å²) in [6.45, 7) is 9.44. The number of carbonyl (C=O) groups excluding carboxylic acids is 1. The normalized spacial score (nSPS) is 25.7. The molecule has 1 amide bonds. The first-order chi connectivity index (χ1) is 13.8. The summed E-state index contributed by atoms with van der Waals surface area (Å²) in [5, 5.41) is 2.86. The molecule has 168 valence electrons. The summed E-state index contributed by atoms with van der Waals surface area (Å²) in [5.74, 6) is -1.21. The van der Waals surface area contributed by atoms with Gasteiger partial charge in [-0.1, -0.05) is 24.3 Å². The first-order valence-electron chi connectivity index (χ1n) is 10.2. The molecule has 1 fully saturated rings. The van der Waals surface area contributed by atoms with Crippen molar-refractivity contribution in [3.63, 3.8) is 0 Å². The van der Waals surface area contributed by atoms with Crippen LogP contribution >= 0.6 is 0 Å². The van der Waals surface area contributed by atoms with Crippen LogP contribution in [0.1, 0.15) is 51.7 Å². The van der Waals surface area contributed by atoms with Crippen molar-refractivity contribution in [3.8, 4) is 0 Å². The molecular weight excluding hydrogens is 408 g/mol. The van der Waals surface area contributed by atoms with Gasteiger partial charge < -0.3 is 19.5 Å². The summed E-state index contributed by atoms with van der Waals surface area (Å²) in [7, 11) is -3.61. The van der Waals surface area contributed by atoms with Gasteiger partial charge in [0.1, 0.15) is 5.60 Å². The van der Waals surface area contributed by atoms with Crippen molar-refractivity contribution in [3.05, 3.63) is 35.4 Å². The monoisotopic (exact) mass is 440 g/mol. The highest BCUT2D eigenvalue weighted by Crippen LogP contribution is 2.34. The Balaban J connectivity index is 1.67. The average molecular weight is 441 g/mol. The number of amides is 1. The first-order valence-corrected chi connectivity index (χ1v) is 11.9. The maximum absolute atomic E-state index is 12.8. The third kappa shape index (κ3) is 6.16. The van der Waals surface area contributed by atoms with E-state index in [0.717, 1.165) is 11.1 Å². The van der Waals surface area contributed by atoms with Crippen molar-refractivity contribution < 1.29 is 27.4 Å². The highest BCUT2D eigenvalue weighted by Gasteiger charge is 2.38. The van der Waals surface area contributed by atoms with E-state index in [4.69, 9.17) is 14.2 Å². The van der Waals surface area contributed by atoms with Crippen molar-refractivity contribution in [1.82, 2.24) is 10.0 Å². The molecule has 2 aliphatic rings. The molecular formula is C21H32N2O6S. The zero-order chi connectivity index (χ0) is 22.2. The van der Waals surface area contributed by atoms with Crippen LogP contribution in [0.3, 0.4) is 0 Å². The Morgan fingerprint density at radius 2 is 1.97 bits per heavy atom. The van der Waals surface area contributed by atoms with Crippen LogP contribution in [0, 0.1) is 0 Å². The third-order valence-corrected chi connectivity index (χ3v) is 6.48. The summed E-state index contributed by atoms with van der Waals surface area (Å²) in [6.07, 6.45) is -0.320. The summed E-state index contributed by atoms with van der Waals surface area (Å²) in [5.41, 5.74) is 1.34. The van der Waals surface area contributed by atoms with Crippen LogP contribution < -0.4 is 10.0 Å². The highest BCUT2D eigenvalue weighted by atomic mass is 32.2. The third-order valence-electron chi connectivity index (χ3n) is 5.08. The molecule has 1 aliphatic heterocycles. The van der Waals surface area contributed by atoms with Gasteiger partial charge in [0.25, 0.3) is 0 Å². The molecule has 0 spiro atoms. The molecule has 3 rings (SSSR count). The smallest absolute Gasteiger partial charge is 0.407 e. The number of benzene rings is 1. The van der Waals surface area contributed by atoms with Crippen LogP contribution in [-0.4, -0.2) is 56.9 Å². The molecule has 1 aromatic carbocycles. The number of carbonyl (C=O) groups is 1. The fourth-order valence-electron chi connectivity index (χ4n) is 3.87.